The summed E-state index contributed by atoms with van der Waals surface area (Å²) < 4.78 is 9.56. The number of rotatable bonds is 3. The first-order valence-electron chi connectivity index (χ1n) is 3.15. The topological polar surface area (TPSA) is 91.7 Å². The molecular formula is C7H12O5S. The van der Waals surface area contributed by atoms with Crippen LogP contribution in [0.2, 0.25) is 0 Å². The summed E-state index contributed by atoms with van der Waals surface area (Å²) in [7, 11) is -0.611. The van der Waals surface area contributed by atoms with Crippen molar-refractivity contribution < 1.29 is 24.0 Å². The van der Waals surface area contributed by atoms with Gasteiger partial charge < -0.3 is 10.2 Å². The Morgan fingerprint density at radius 2 is 1.62 bits per heavy atom. The van der Waals surface area contributed by atoms with Crippen LogP contribution < -0.4 is 0 Å². The number of hydrogen-bond acceptors (Lipinski definition) is 3. The zero-order valence-electron chi connectivity index (χ0n) is 7.44. The van der Waals surface area contributed by atoms with Crippen molar-refractivity contribution in [2.45, 2.75) is 6.42 Å². The monoisotopic (exact) mass is 208 g/mol. The molecule has 0 rings (SSSR count). The SMILES string of the molecule is C=C(CC(=O)O)C(=O)O.CS(C)=O. The van der Waals surface area contributed by atoms with Crippen molar-refractivity contribution in [3.8, 4) is 0 Å². The summed E-state index contributed by atoms with van der Waals surface area (Å²) in [5.74, 6) is -2.44. The van der Waals surface area contributed by atoms with Crippen molar-refractivity contribution in [2.24, 2.45) is 0 Å². The van der Waals surface area contributed by atoms with Gasteiger partial charge >= 0.3 is 11.9 Å². The van der Waals surface area contributed by atoms with E-state index in [1.54, 1.807) is 12.5 Å². The molecule has 0 fully saturated rings. The van der Waals surface area contributed by atoms with Crippen LogP contribution in [0.25, 0.3) is 0 Å². The maximum atomic E-state index is 9.87. The number of carbonyl (C=O) groups is 2. The molecule has 0 amide bonds. The quantitative estimate of drug-likeness (QED) is 0.641. The lowest BCUT2D eigenvalue weighted by Crippen LogP contribution is -2.04. The van der Waals surface area contributed by atoms with Crippen LogP contribution in [0, 0.1) is 0 Å². The van der Waals surface area contributed by atoms with E-state index in [9.17, 15) is 13.8 Å². The van der Waals surface area contributed by atoms with Crippen LogP contribution in [0.5, 0.6) is 0 Å². The van der Waals surface area contributed by atoms with Gasteiger partial charge in [-0.1, -0.05) is 6.58 Å². The highest BCUT2D eigenvalue weighted by Crippen LogP contribution is 1.95. The van der Waals surface area contributed by atoms with Gasteiger partial charge in [-0.3, -0.25) is 9.00 Å². The van der Waals surface area contributed by atoms with E-state index in [1.165, 1.54) is 0 Å². The minimum atomic E-state index is -1.27. The fraction of sp³-hybridized carbons (Fsp3) is 0.429. The third kappa shape index (κ3) is 18.1. The largest absolute Gasteiger partial charge is 0.481 e. The van der Waals surface area contributed by atoms with Crippen molar-refractivity contribution in [3.63, 3.8) is 0 Å². The second-order valence-corrected chi connectivity index (χ2v) is 3.70. The summed E-state index contributed by atoms with van der Waals surface area (Å²) in [5, 5.41) is 16.1. The Kier molecular flexibility index (Phi) is 8.26. The molecule has 6 heteroatoms. The van der Waals surface area contributed by atoms with E-state index in [4.69, 9.17) is 10.2 Å². The van der Waals surface area contributed by atoms with E-state index in [1.807, 2.05) is 0 Å². The summed E-state index contributed by atoms with van der Waals surface area (Å²) in [6.07, 6.45) is 2.77. The first kappa shape index (κ1) is 14.4. The molecule has 2 N–H and O–H groups in total. The van der Waals surface area contributed by atoms with Crippen molar-refractivity contribution >= 4 is 22.7 Å². The molecule has 5 nitrogen and oxygen atoms in total. The molecule has 0 aromatic carbocycles. The third-order valence-corrected chi connectivity index (χ3v) is 0.667. The Bertz CT molecular complexity index is 229. The smallest absolute Gasteiger partial charge is 0.331 e. The lowest BCUT2D eigenvalue weighted by molar-refractivity contribution is -0.139. The molecule has 0 atom stereocenters. The lowest BCUT2D eigenvalue weighted by Gasteiger charge is -1.91. The fourth-order valence-electron chi connectivity index (χ4n) is 0.258. The highest BCUT2D eigenvalue weighted by Gasteiger charge is 2.07. The second-order valence-electron chi connectivity index (χ2n) is 2.22. The molecule has 0 heterocycles. The minimum Gasteiger partial charge on any atom is -0.481 e. The average Bonchev–Trinajstić information content (AvgIpc) is 1.83. The molecule has 0 saturated heterocycles. The van der Waals surface area contributed by atoms with E-state index in [-0.39, 0.29) is 5.57 Å². The van der Waals surface area contributed by atoms with Crippen molar-refractivity contribution in [1.29, 1.82) is 0 Å². The highest BCUT2D eigenvalue weighted by molar-refractivity contribution is 7.83. The summed E-state index contributed by atoms with van der Waals surface area (Å²) in [4.78, 5) is 19.7. The minimum absolute atomic E-state index is 0.303. The zero-order valence-corrected chi connectivity index (χ0v) is 8.26. The number of aliphatic carboxylic acids is 2. The van der Waals surface area contributed by atoms with Crippen molar-refractivity contribution in [1.82, 2.24) is 0 Å². The first-order valence-corrected chi connectivity index (χ1v) is 5.12. The molecule has 0 bridgehead atoms. The fourth-order valence-corrected chi connectivity index (χ4v) is 0.258. The summed E-state index contributed by atoms with van der Waals surface area (Å²) in [5.41, 5.74) is -0.303. The molecule has 0 saturated carbocycles. The molecule has 0 aromatic rings. The van der Waals surface area contributed by atoms with Gasteiger partial charge in [0, 0.05) is 28.9 Å². The lowest BCUT2D eigenvalue weighted by atomic mass is 10.2. The first-order chi connectivity index (χ1) is 5.77. The Morgan fingerprint density at radius 1 is 1.31 bits per heavy atom. The van der Waals surface area contributed by atoms with Gasteiger partial charge in [-0.25, -0.2) is 4.79 Å². The van der Waals surface area contributed by atoms with E-state index in [0.717, 1.165) is 0 Å². The molecule has 76 valence electrons. The summed E-state index contributed by atoms with van der Waals surface area (Å²) in [6.45, 7) is 3.01. The van der Waals surface area contributed by atoms with Crippen LogP contribution in [0.15, 0.2) is 12.2 Å². The van der Waals surface area contributed by atoms with Gasteiger partial charge in [0.05, 0.1) is 6.42 Å². The normalized spacial score (nSPS) is 8.54. The number of hydrogen-bond donors (Lipinski definition) is 2. The van der Waals surface area contributed by atoms with Crippen LogP contribution in [0.4, 0.5) is 0 Å². The van der Waals surface area contributed by atoms with E-state index in [2.05, 4.69) is 6.58 Å². The predicted octanol–water partition coefficient (Wildman–Crippen LogP) is 0.0966. The number of carboxylic acid groups (broad SMARTS) is 2. The number of carboxylic acids is 2. The maximum absolute atomic E-state index is 9.87. The van der Waals surface area contributed by atoms with E-state index in [0.29, 0.717) is 0 Å². The van der Waals surface area contributed by atoms with E-state index >= 15 is 0 Å². The molecule has 0 radical (unpaired) electrons. The van der Waals surface area contributed by atoms with Gasteiger partial charge in [-0.05, 0) is 0 Å². The Hall–Kier alpha value is -1.17. The summed E-state index contributed by atoms with van der Waals surface area (Å²) in [6, 6.07) is 0. The van der Waals surface area contributed by atoms with Crippen LogP contribution in [0.3, 0.4) is 0 Å². The predicted molar refractivity (Wildman–Crippen MR) is 49.0 cm³/mol. The molecular weight excluding hydrogens is 196 g/mol. The van der Waals surface area contributed by atoms with Gasteiger partial charge in [0.25, 0.3) is 0 Å². The van der Waals surface area contributed by atoms with Crippen LogP contribution in [-0.4, -0.2) is 38.9 Å². The molecule has 13 heavy (non-hydrogen) atoms. The Balaban J connectivity index is 0. The zero-order chi connectivity index (χ0) is 11.0. The maximum Gasteiger partial charge on any atom is 0.331 e. The van der Waals surface area contributed by atoms with Crippen molar-refractivity contribution in [2.75, 3.05) is 12.5 Å². The third-order valence-electron chi connectivity index (χ3n) is 0.667. The highest BCUT2D eigenvalue weighted by atomic mass is 32.2. The van der Waals surface area contributed by atoms with Crippen LogP contribution >= 0.6 is 0 Å². The molecule has 0 unspecified atom stereocenters. The van der Waals surface area contributed by atoms with E-state index < -0.39 is 29.2 Å². The molecule has 0 aliphatic heterocycles. The standard InChI is InChI=1S/C5H6O4.C2H6OS/c1-3(5(8)9)2-4(6)7;1-4(2)3/h1-2H2,(H,6,7)(H,8,9);1-2H3. The summed E-state index contributed by atoms with van der Waals surface area (Å²) >= 11 is 0. The van der Waals surface area contributed by atoms with Crippen LogP contribution in [-0.2, 0) is 20.4 Å². The van der Waals surface area contributed by atoms with Crippen molar-refractivity contribution in [3.05, 3.63) is 12.2 Å². The van der Waals surface area contributed by atoms with Gasteiger partial charge in [-0.2, -0.15) is 0 Å². The molecule has 0 aliphatic carbocycles. The molecule has 0 aromatic heterocycles. The van der Waals surface area contributed by atoms with Gasteiger partial charge in [0.1, 0.15) is 0 Å². The van der Waals surface area contributed by atoms with Crippen LogP contribution in [0.1, 0.15) is 6.42 Å². The van der Waals surface area contributed by atoms with Gasteiger partial charge in [0.15, 0.2) is 0 Å². The Labute approximate surface area is 78.5 Å². The molecule has 0 aliphatic rings. The average molecular weight is 208 g/mol. The second kappa shape index (κ2) is 7.48. The van der Waals surface area contributed by atoms with Gasteiger partial charge in [0.2, 0.25) is 0 Å². The van der Waals surface area contributed by atoms with Gasteiger partial charge in [-0.15, -0.1) is 0 Å². The Morgan fingerprint density at radius 3 is 1.69 bits per heavy atom. The molecule has 0 spiro atoms.